The molecule has 1 aliphatic carbocycles. The maximum Gasteiger partial charge on any atom is 0.289 e. The van der Waals surface area contributed by atoms with Crippen molar-refractivity contribution in [2.45, 2.75) is 51.1 Å². The minimum atomic E-state index is -0.201. The molecule has 1 aromatic carbocycles. The van der Waals surface area contributed by atoms with E-state index in [4.69, 9.17) is 0 Å². The number of likely N-dealkylation sites (tertiary alicyclic amines) is 1. The number of hydrogen-bond acceptors (Lipinski definition) is 4. The van der Waals surface area contributed by atoms with Gasteiger partial charge in [0.1, 0.15) is 0 Å². The summed E-state index contributed by atoms with van der Waals surface area (Å²) in [6.45, 7) is 1.09. The first-order valence-corrected chi connectivity index (χ1v) is 10.5. The van der Waals surface area contributed by atoms with Gasteiger partial charge in [-0.05, 0) is 49.3 Å². The maximum atomic E-state index is 13.1. The van der Waals surface area contributed by atoms with Gasteiger partial charge in [0.25, 0.3) is 11.1 Å². The van der Waals surface area contributed by atoms with Crippen LogP contribution in [-0.4, -0.2) is 45.2 Å². The number of benzene rings is 1. The first-order chi connectivity index (χ1) is 12.6. The number of rotatable bonds is 3. The average molecular weight is 372 g/mol. The largest absolute Gasteiger partial charge is 0.335 e. The summed E-state index contributed by atoms with van der Waals surface area (Å²) in [7, 11) is 0. The fourth-order valence-electron chi connectivity index (χ4n) is 4.56. The van der Waals surface area contributed by atoms with Crippen LogP contribution in [0, 0.1) is 5.92 Å². The van der Waals surface area contributed by atoms with Crippen LogP contribution in [0.15, 0.2) is 24.3 Å². The van der Waals surface area contributed by atoms with Crippen molar-refractivity contribution in [3.8, 4) is 0 Å². The number of hydrogen-bond donors (Lipinski definition) is 0. The lowest BCUT2D eigenvalue weighted by Gasteiger charge is -2.44. The number of piperidine rings is 1. The summed E-state index contributed by atoms with van der Waals surface area (Å²) in [6.07, 6.45) is 7.18. The van der Waals surface area contributed by atoms with Crippen molar-refractivity contribution < 1.29 is 14.4 Å². The highest BCUT2D eigenvalue weighted by molar-refractivity contribution is 8.14. The second kappa shape index (κ2) is 7.43. The zero-order valence-corrected chi connectivity index (χ0v) is 15.7. The summed E-state index contributed by atoms with van der Waals surface area (Å²) in [5, 5.41) is -0.201. The molecule has 1 aromatic rings. The fourth-order valence-corrected chi connectivity index (χ4v) is 5.29. The van der Waals surface area contributed by atoms with Gasteiger partial charge in [0.15, 0.2) is 0 Å². The summed E-state index contributed by atoms with van der Waals surface area (Å²) in [5.41, 5.74) is 1.50. The van der Waals surface area contributed by atoms with E-state index in [0.29, 0.717) is 17.5 Å². The minimum Gasteiger partial charge on any atom is -0.335 e. The molecule has 3 amide bonds. The van der Waals surface area contributed by atoms with Gasteiger partial charge >= 0.3 is 0 Å². The highest BCUT2D eigenvalue weighted by Gasteiger charge is 2.36. The number of fused-ring (bicyclic) bond motifs is 1. The quantitative estimate of drug-likeness (QED) is 0.812. The molecule has 3 aliphatic rings. The third kappa shape index (κ3) is 3.39. The molecule has 5 nitrogen and oxygen atoms in total. The molecule has 2 saturated heterocycles. The van der Waals surface area contributed by atoms with Crippen molar-refractivity contribution in [1.29, 1.82) is 0 Å². The van der Waals surface area contributed by atoms with E-state index in [1.807, 2.05) is 24.3 Å². The Bertz CT molecular complexity index is 718. The summed E-state index contributed by atoms with van der Waals surface area (Å²) in [6, 6.07) is 7.80. The van der Waals surface area contributed by atoms with Crippen LogP contribution in [0.3, 0.4) is 0 Å². The predicted molar refractivity (Wildman–Crippen MR) is 101 cm³/mol. The van der Waals surface area contributed by atoms with Crippen molar-refractivity contribution in [2.75, 3.05) is 12.3 Å². The average Bonchev–Trinajstić information content (AvgIpc) is 2.99. The Morgan fingerprint density at radius 2 is 1.92 bits per heavy atom. The topological polar surface area (TPSA) is 57.7 Å². The highest BCUT2D eigenvalue weighted by Crippen LogP contribution is 2.36. The van der Waals surface area contributed by atoms with Crippen molar-refractivity contribution in [3.05, 3.63) is 35.4 Å². The first kappa shape index (κ1) is 17.6. The molecule has 138 valence electrons. The van der Waals surface area contributed by atoms with Gasteiger partial charge in [0.05, 0.1) is 12.3 Å². The monoisotopic (exact) mass is 372 g/mol. The van der Waals surface area contributed by atoms with Gasteiger partial charge in [0.2, 0.25) is 5.91 Å². The van der Waals surface area contributed by atoms with Crippen molar-refractivity contribution in [3.63, 3.8) is 0 Å². The van der Waals surface area contributed by atoms with E-state index in [-0.39, 0.29) is 29.4 Å². The standard InChI is InChI=1S/C20H24N2O3S/c23-18-13-26-20(25)22(18)12-14-5-3-7-16(11-14)19(24)21-10-4-8-15-6-1-2-9-17(15)21/h3,5,7,11,15,17H,1-2,4,6,8-10,12-13H2. The van der Waals surface area contributed by atoms with Gasteiger partial charge in [-0.25, -0.2) is 0 Å². The smallest absolute Gasteiger partial charge is 0.289 e. The number of nitrogens with zero attached hydrogens (tertiary/aromatic N) is 2. The van der Waals surface area contributed by atoms with Gasteiger partial charge in [-0.1, -0.05) is 36.7 Å². The van der Waals surface area contributed by atoms with E-state index >= 15 is 0 Å². The molecule has 3 fully saturated rings. The molecule has 4 rings (SSSR count). The fraction of sp³-hybridized carbons (Fsp3) is 0.550. The van der Waals surface area contributed by atoms with E-state index < -0.39 is 0 Å². The zero-order valence-electron chi connectivity index (χ0n) is 14.9. The van der Waals surface area contributed by atoms with Crippen LogP contribution >= 0.6 is 11.8 Å². The molecular formula is C20H24N2O3S. The first-order valence-electron chi connectivity index (χ1n) is 9.50. The van der Waals surface area contributed by atoms with E-state index in [9.17, 15) is 14.4 Å². The molecule has 0 spiro atoms. The molecule has 2 heterocycles. The molecular weight excluding hydrogens is 348 g/mol. The summed E-state index contributed by atoms with van der Waals surface area (Å²) >= 11 is 1.04. The van der Waals surface area contributed by atoms with Gasteiger partial charge in [-0.3, -0.25) is 19.3 Å². The lowest BCUT2D eigenvalue weighted by molar-refractivity contribution is -0.125. The number of thioether (sulfide) groups is 1. The molecule has 0 bridgehead atoms. The maximum absolute atomic E-state index is 13.1. The van der Waals surface area contributed by atoms with Crippen molar-refractivity contribution in [2.24, 2.45) is 5.92 Å². The Hall–Kier alpha value is -1.82. The van der Waals surface area contributed by atoms with Gasteiger partial charge < -0.3 is 4.90 Å². The normalized spacial score (nSPS) is 26.2. The predicted octanol–water partition coefficient (Wildman–Crippen LogP) is 3.68. The Kier molecular flexibility index (Phi) is 5.02. The third-order valence-electron chi connectivity index (χ3n) is 5.86. The van der Waals surface area contributed by atoms with Crippen LogP contribution in [0.4, 0.5) is 4.79 Å². The summed E-state index contributed by atoms with van der Waals surface area (Å²) in [5.74, 6) is 0.810. The molecule has 2 aliphatic heterocycles. The number of carbonyl (C=O) groups excluding carboxylic acids is 3. The van der Waals surface area contributed by atoms with Crippen LogP contribution in [-0.2, 0) is 11.3 Å². The number of carbonyl (C=O) groups is 3. The Labute approximate surface area is 158 Å². The molecule has 0 radical (unpaired) electrons. The van der Waals surface area contributed by atoms with Gasteiger partial charge in [-0.15, -0.1) is 0 Å². The van der Waals surface area contributed by atoms with Crippen molar-refractivity contribution in [1.82, 2.24) is 9.80 Å². The van der Waals surface area contributed by atoms with E-state index in [2.05, 4.69) is 4.90 Å². The van der Waals surface area contributed by atoms with Crippen molar-refractivity contribution >= 4 is 28.8 Å². The van der Waals surface area contributed by atoms with Crippen LogP contribution in [0.1, 0.15) is 54.4 Å². The second-order valence-electron chi connectivity index (χ2n) is 7.49. The van der Waals surface area contributed by atoms with E-state index in [1.165, 1.54) is 30.6 Å². The molecule has 6 heteroatoms. The molecule has 2 unspecified atom stereocenters. The highest BCUT2D eigenvalue weighted by atomic mass is 32.2. The number of imide groups is 1. The van der Waals surface area contributed by atoms with E-state index in [1.54, 1.807) is 0 Å². The SMILES string of the molecule is O=C1CSC(=O)N1Cc1cccc(C(=O)N2CCCC3CCCCC32)c1. The lowest BCUT2D eigenvalue weighted by atomic mass is 9.78. The summed E-state index contributed by atoms with van der Waals surface area (Å²) < 4.78 is 0. The summed E-state index contributed by atoms with van der Waals surface area (Å²) in [4.78, 5) is 40.1. The van der Waals surface area contributed by atoms with E-state index in [0.717, 1.165) is 36.7 Å². The molecule has 0 N–H and O–H groups in total. The third-order valence-corrected chi connectivity index (χ3v) is 6.72. The van der Waals surface area contributed by atoms with Gasteiger partial charge in [-0.2, -0.15) is 0 Å². The second-order valence-corrected chi connectivity index (χ2v) is 8.41. The molecule has 2 atom stereocenters. The van der Waals surface area contributed by atoms with Crippen LogP contribution in [0.5, 0.6) is 0 Å². The zero-order chi connectivity index (χ0) is 18.1. The Morgan fingerprint density at radius 1 is 1.12 bits per heavy atom. The molecule has 0 aromatic heterocycles. The Morgan fingerprint density at radius 3 is 2.73 bits per heavy atom. The van der Waals surface area contributed by atoms with Crippen LogP contribution in [0.2, 0.25) is 0 Å². The number of amides is 3. The minimum absolute atomic E-state index is 0.0944. The van der Waals surface area contributed by atoms with Gasteiger partial charge in [0, 0.05) is 18.2 Å². The van der Waals surface area contributed by atoms with Crippen LogP contribution in [0.25, 0.3) is 0 Å². The molecule has 26 heavy (non-hydrogen) atoms. The Balaban J connectivity index is 1.51. The lowest BCUT2D eigenvalue weighted by Crippen LogP contribution is -2.49. The molecule has 1 saturated carbocycles. The van der Waals surface area contributed by atoms with Crippen LogP contribution < -0.4 is 0 Å².